The van der Waals surface area contributed by atoms with Crippen LogP contribution >= 0.6 is 0 Å². The first-order chi connectivity index (χ1) is 10.2. The fourth-order valence-corrected chi connectivity index (χ4v) is 1.70. The summed E-state index contributed by atoms with van der Waals surface area (Å²) >= 11 is 0. The Labute approximate surface area is 125 Å². The van der Waals surface area contributed by atoms with Crippen LogP contribution < -0.4 is 4.74 Å². The molecule has 104 valence electrons. The molecule has 0 bridgehead atoms. The van der Waals surface area contributed by atoms with Crippen molar-refractivity contribution in [3.05, 3.63) is 77.9 Å². The zero-order valence-electron chi connectivity index (χ0n) is 11.9. The van der Waals surface area contributed by atoms with Crippen molar-refractivity contribution in [2.45, 2.75) is 6.92 Å². The number of ketones is 1. The van der Waals surface area contributed by atoms with Gasteiger partial charge in [-0.3, -0.25) is 4.79 Å². The third-order valence-corrected chi connectivity index (χ3v) is 2.86. The van der Waals surface area contributed by atoms with Crippen LogP contribution in [0.2, 0.25) is 0 Å². The number of carbonyl (C=O) groups excluding carboxylic acids is 1. The minimum absolute atomic E-state index is 0.203. The predicted octanol–water partition coefficient (Wildman–Crippen LogP) is 3.79. The molecule has 21 heavy (non-hydrogen) atoms. The molecular weight excluding hydrogens is 260 g/mol. The highest BCUT2D eigenvalue weighted by Crippen LogP contribution is 2.12. The van der Waals surface area contributed by atoms with Crippen molar-refractivity contribution in [2.24, 2.45) is 0 Å². The molecule has 0 radical (unpaired) electrons. The molecule has 0 atom stereocenters. The molecule has 0 aromatic heterocycles. The molecule has 2 aromatic rings. The van der Waals surface area contributed by atoms with Gasteiger partial charge in [-0.05, 0) is 49.2 Å². The van der Waals surface area contributed by atoms with Crippen molar-refractivity contribution in [3.63, 3.8) is 0 Å². The van der Waals surface area contributed by atoms with Gasteiger partial charge >= 0.3 is 0 Å². The quantitative estimate of drug-likeness (QED) is 0.482. The lowest BCUT2D eigenvalue weighted by molar-refractivity contribution is 0.105. The molecule has 0 fully saturated rings. The monoisotopic (exact) mass is 276 g/mol. The van der Waals surface area contributed by atoms with Crippen LogP contribution in [0.3, 0.4) is 0 Å². The van der Waals surface area contributed by atoms with E-state index in [0.717, 1.165) is 5.56 Å². The Bertz CT molecular complexity index is 683. The van der Waals surface area contributed by atoms with E-state index in [1.807, 2.05) is 31.2 Å². The maximum Gasteiger partial charge on any atom is 0.236 e. The molecule has 0 N–H and O–H groups in total. The van der Waals surface area contributed by atoms with Gasteiger partial charge in [0.15, 0.2) is 0 Å². The maximum absolute atomic E-state index is 12.0. The predicted molar refractivity (Wildman–Crippen MR) is 84.5 cm³/mol. The minimum atomic E-state index is -0.203. The van der Waals surface area contributed by atoms with Gasteiger partial charge in [0.1, 0.15) is 12.4 Å². The highest BCUT2D eigenvalue weighted by molar-refractivity contribution is 6.09. The summed E-state index contributed by atoms with van der Waals surface area (Å²) in [6.45, 7) is 6.04. The number of carbonyl (C=O) groups is 1. The summed E-state index contributed by atoms with van der Waals surface area (Å²) in [5.74, 6) is 6.03. The van der Waals surface area contributed by atoms with Crippen molar-refractivity contribution in [3.8, 4) is 17.6 Å². The summed E-state index contributed by atoms with van der Waals surface area (Å²) < 4.78 is 5.36. The number of ether oxygens (including phenoxy) is 1. The van der Waals surface area contributed by atoms with Gasteiger partial charge in [-0.15, -0.1) is 0 Å². The topological polar surface area (TPSA) is 26.3 Å². The third-order valence-electron chi connectivity index (χ3n) is 2.86. The fraction of sp³-hybridized carbons (Fsp3) is 0.105. The number of rotatable bonds is 4. The van der Waals surface area contributed by atoms with Crippen LogP contribution in [-0.2, 0) is 0 Å². The van der Waals surface area contributed by atoms with Crippen LogP contribution in [0.15, 0.2) is 61.2 Å². The van der Waals surface area contributed by atoms with E-state index < -0.39 is 0 Å². The smallest absolute Gasteiger partial charge is 0.236 e. The maximum atomic E-state index is 12.0. The molecule has 0 aliphatic rings. The Morgan fingerprint density at radius 3 is 2.43 bits per heavy atom. The highest BCUT2D eigenvalue weighted by atomic mass is 16.5. The van der Waals surface area contributed by atoms with Gasteiger partial charge in [0, 0.05) is 11.1 Å². The second-order valence-corrected chi connectivity index (χ2v) is 4.57. The molecular formula is C19H16O2. The average Bonchev–Trinajstić information content (AvgIpc) is 2.52. The number of aryl methyl sites for hydroxylation is 1. The Hall–Kier alpha value is -2.79. The Kier molecular flexibility index (Phi) is 4.95. The molecule has 0 amide bonds. The van der Waals surface area contributed by atoms with Crippen LogP contribution in [0, 0.1) is 18.8 Å². The van der Waals surface area contributed by atoms with Crippen LogP contribution in [0.5, 0.6) is 5.75 Å². The molecule has 2 nitrogen and oxygen atoms in total. The largest absolute Gasteiger partial charge is 0.490 e. The molecule has 0 saturated carbocycles. The van der Waals surface area contributed by atoms with Crippen LogP contribution in [-0.4, -0.2) is 12.4 Å². The van der Waals surface area contributed by atoms with Gasteiger partial charge in [-0.1, -0.05) is 36.3 Å². The second kappa shape index (κ2) is 7.12. The summed E-state index contributed by atoms with van der Waals surface area (Å²) in [5.41, 5.74) is 2.56. The van der Waals surface area contributed by atoms with E-state index in [1.165, 1.54) is 5.56 Å². The van der Waals surface area contributed by atoms with Crippen LogP contribution in [0.1, 0.15) is 21.5 Å². The lowest BCUT2D eigenvalue weighted by Gasteiger charge is -2.02. The first kappa shape index (κ1) is 14.6. The summed E-state index contributed by atoms with van der Waals surface area (Å²) in [7, 11) is 0. The SMILES string of the molecule is C=CCOc1ccc(C(=O)C#Cc2ccc(C)cc2)cc1. The zero-order chi connectivity index (χ0) is 15.1. The highest BCUT2D eigenvalue weighted by Gasteiger charge is 2.02. The lowest BCUT2D eigenvalue weighted by atomic mass is 10.1. The van der Waals surface area contributed by atoms with Crippen molar-refractivity contribution in [1.29, 1.82) is 0 Å². The summed E-state index contributed by atoms with van der Waals surface area (Å²) in [6.07, 6.45) is 1.67. The second-order valence-electron chi connectivity index (χ2n) is 4.57. The standard InChI is InChI=1S/C19H16O2/c1-3-14-21-18-11-9-17(10-12-18)19(20)13-8-16-6-4-15(2)5-7-16/h3-7,9-12H,1,14H2,2H3. The molecule has 0 aliphatic carbocycles. The van der Waals surface area contributed by atoms with Gasteiger partial charge in [0.05, 0.1) is 0 Å². The van der Waals surface area contributed by atoms with Crippen molar-refractivity contribution in [2.75, 3.05) is 6.61 Å². The number of hydrogen-bond acceptors (Lipinski definition) is 2. The first-order valence-electron chi connectivity index (χ1n) is 6.66. The van der Waals surface area contributed by atoms with E-state index in [4.69, 9.17) is 4.74 Å². The zero-order valence-corrected chi connectivity index (χ0v) is 11.9. The number of benzene rings is 2. The lowest BCUT2D eigenvalue weighted by Crippen LogP contribution is -1.96. The van der Waals surface area contributed by atoms with Gasteiger partial charge in [-0.25, -0.2) is 0 Å². The van der Waals surface area contributed by atoms with Crippen molar-refractivity contribution >= 4 is 5.78 Å². The summed E-state index contributed by atoms with van der Waals surface area (Å²) in [4.78, 5) is 12.0. The van der Waals surface area contributed by atoms with Gasteiger partial charge in [0.25, 0.3) is 0 Å². The average molecular weight is 276 g/mol. The van der Waals surface area contributed by atoms with E-state index >= 15 is 0 Å². The molecule has 0 aliphatic heterocycles. The van der Waals surface area contributed by atoms with Crippen molar-refractivity contribution in [1.82, 2.24) is 0 Å². The minimum Gasteiger partial charge on any atom is -0.490 e. The van der Waals surface area contributed by atoms with Gasteiger partial charge in [-0.2, -0.15) is 0 Å². The van der Waals surface area contributed by atoms with E-state index in [1.54, 1.807) is 30.3 Å². The normalized spacial score (nSPS) is 9.38. The molecule has 0 unspecified atom stereocenters. The third kappa shape index (κ3) is 4.36. The molecule has 2 aromatic carbocycles. The Morgan fingerprint density at radius 1 is 1.14 bits per heavy atom. The molecule has 0 heterocycles. The Morgan fingerprint density at radius 2 is 1.81 bits per heavy atom. The molecule has 0 spiro atoms. The number of hydrogen-bond donors (Lipinski definition) is 0. The van der Waals surface area contributed by atoms with Gasteiger partial charge < -0.3 is 4.74 Å². The van der Waals surface area contributed by atoms with E-state index in [9.17, 15) is 4.79 Å². The van der Waals surface area contributed by atoms with Crippen LogP contribution in [0.25, 0.3) is 0 Å². The molecule has 0 saturated heterocycles. The fourth-order valence-electron chi connectivity index (χ4n) is 1.70. The number of Topliss-reactive ketones (excluding diaryl/α,β-unsaturated/α-hetero) is 1. The van der Waals surface area contributed by atoms with E-state index in [-0.39, 0.29) is 5.78 Å². The molecule has 2 heteroatoms. The first-order valence-corrected chi connectivity index (χ1v) is 6.66. The van der Waals surface area contributed by atoms with E-state index in [2.05, 4.69) is 18.4 Å². The molecule has 2 rings (SSSR count). The Balaban J connectivity index is 2.06. The summed E-state index contributed by atoms with van der Waals surface area (Å²) in [5, 5.41) is 0. The van der Waals surface area contributed by atoms with E-state index in [0.29, 0.717) is 17.9 Å². The summed E-state index contributed by atoms with van der Waals surface area (Å²) in [6, 6.07) is 14.7. The van der Waals surface area contributed by atoms with Crippen LogP contribution in [0.4, 0.5) is 0 Å². The van der Waals surface area contributed by atoms with Gasteiger partial charge in [0.2, 0.25) is 5.78 Å². The van der Waals surface area contributed by atoms with Crippen molar-refractivity contribution < 1.29 is 9.53 Å².